The van der Waals surface area contributed by atoms with Crippen molar-refractivity contribution in [2.75, 3.05) is 4.90 Å². The molecule has 2 aromatic rings. The van der Waals surface area contributed by atoms with E-state index in [1.54, 1.807) is 6.07 Å². The van der Waals surface area contributed by atoms with Gasteiger partial charge in [0, 0.05) is 17.4 Å². The van der Waals surface area contributed by atoms with Gasteiger partial charge in [-0.25, -0.2) is 9.97 Å². The number of aryl methyl sites for hydroxylation is 2. The summed E-state index contributed by atoms with van der Waals surface area (Å²) in [6.45, 7) is 4.07. The molecular weight excluding hydrogens is 248 g/mol. The highest BCUT2D eigenvalue weighted by Crippen LogP contribution is 2.34. The van der Waals surface area contributed by atoms with E-state index in [-0.39, 0.29) is 0 Å². The van der Waals surface area contributed by atoms with Gasteiger partial charge in [0.15, 0.2) is 0 Å². The minimum absolute atomic E-state index is 0.332. The number of benzene rings is 1. The van der Waals surface area contributed by atoms with Gasteiger partial charge in [0.05, 0.1) is 0 Å². The van der Waals surface area contributed by atoms with Gasteiger partial charge in [-0.2, -0.15) is 5.26 Å². The van der Waals surface area contributed by atoms with Crippen molar-refractivity contribution in [2.45, 2.75) is 32.7 Å². The highest BCUT2D eigenvalue weighted by atomic mass is 15.3. The third-order valence-corrected chi connectivity index (χ3v) is 3.70. The van der Waals surface area contributed by atoms with E-state index in [0.717, 1.165) is 24.2 Å². The maximum Gasteiger partial charge on any atom is 0.231 e. The van der Waals surface area contributed by atoms with Crippen molar-refractivity contribution in [2.24, 2.45) is 0 Å². The lowest BCUT2D eigenvalue weighted by atomic mass is 9.97. The lowest BCUT2D eigenvalue weighted by Gasteiger charge is -2.35. The molecule has 1 aliphatic heterocycles. The van der Waals surface area contributed by atoms with E-state index in [1.807, 2.05) is 13.0 Å². The van der Waals surface area contributed by atoms with Crippen molar-refractivity contribution < 1.29 is 0 Å². The van der Waals surface area contributed by atoms with Gasteiger partial charge in [-0.15, -0.1) is 0 Å². The summed E-state index contributed by atoms with van der Waals surface area (Å²) in [4.78, 5) is 11.0. The van der Waals surface area contributed by atoms with E-state index in [4.69, 9.17) is 5.26 Å². The highest BCUT2D eigenvalue weighted by molar-refractivity contribution is 5.64. The quantitative estimate of drug-likeness (QED) is 0.794. The summed E-state index contributed by atoms with van der Waals surface area (Å²) >= 11 is 0. The van der Waals surface area contributed by atoms with Crippen LogP contribution in [0, 0.1) is 18.3 Å². The molecule has 4 heteroatoms. The molecule has 0 fully saturated rings. The van der Waals surface area contributed by atoms with Crippen LogP contribution < -0.4 is 4.90 Å². The number of nitrogens with zero attached hydrogens (tertiary/aromatic N) is 4. The van der Waals surface area contributed by atoms with Crippen LogP contribution >= 0.6 is 0 Å². The minimum atomic E-state index is 0.332. The molecule has 0 N–H and O–H groups in total. The van der Waals surface area contributed by atoms with E-state index in [1.165, 1.54) is 5.56 Å². The summed E-state index contributed by atoms with van der Waals surface area (Å²) in [6.07, 6.45) is 2.14. The number of aromatic nitrogens is 2. The second kappa shape index (κ2) is 4.93. The maximum absolute atomic E-state index is 9.09. The molecule has 100 valence electrons. The Morgan fingerprint density at radius 2 is 2.10 bits per heavy atom. The van der Waals surface area contributed by atoms with Crippen LogP contribution in [0.25, 0.3) is 0 Å². The zero-order valence-electron chi connectivity index (χ0n) is 11.7. The van der Waals surface area contributed by atoms with Crippen LogP contribution in [0.1, 0.15) is 30.3 Å². The SMILES string of the molecule is Cc1cc(C#N)nc(N2c3ccccc3CCC2C)n1. The maximum atomic E-state index is 9.09. The number of anilines is 2. The lowest BCUT2D eigenvalue weighted by Crippen LogP contribution is -2.34. The Balaban J connectivity index is 2.14. The van der Waals surface area contributed by atoms with Gasteiger partial charge >= 0.3 is 0 Å². The van der Waals surface area contributed by atoms with E-state index in [2.05, 4.69) is 46.1 Å². The molecule has 20 heavy (non-hydrogen) atoms. The van der Waals surface area contributed by atoms with Gasteiger partial charge in [0.1, 0.15) is 11.8 Å². The second-order valence-electron chi connectivity index (χ2n) is 5.19. The van der Waals surface area contributed by atoms with Crippen molar-refractivity contribution in [1.29, 1.82) is 5.26 Å². The minimum Gasteiger partial charge on any atom is -0.307 e. The van der Waals surface area contributed by atoms with E-state index in [9.17, 15) is 0 Å². The highest BCUT2D eigenvalue weighted by Gasteiger charge is 2.26. The Morgan fingerprint density at radius 1 is 1.30 bits per heavy atom. The van der Waals surface area contributed by atoms with Crippen molar-refractivity contribution in [3.05, 3.63) is 47.3 Å². The van der Waals surface area contributed by atoms with Crippen LogP contribution in [0.3, 0.4) is 0 Å². The fourth-order valence-electron chi connectivity index (χ4n) is 2.71. The third-order valence-electron chi connectivity index (χ3n) is 3.70. The second-order valence-corrected chi connectivity index (χ2v) is 5.19. The van der Waals surface area contributed by atoms with E-state index < -0.39 is 0 Å². The standard InChI is InChI=1S/C16H16N4/c1-11-9-14(10-17)19-16(18-11)20-12(2)7-8-13-5-3-4-6-15(13)20/h3-6,9,12H,7-8H2,1-2H3. The number of nitriles is 1. The summed E-state index contributed by atoms with van der Waals surface area (Å²) in [7, 11) is 0. The topological polar surface area (TPSA) is 52.8 Å². The van der Waals surface area contributed by atoms with Crippen LogP contribution in [0.5, 0.6) is 0 Å². The Kier molecular flexibility index (Phi) is 3.11. The first-order valence-corrected chi connectivity index (χ1v) is 6.82. The molecule has 1 atom stereocenters. The zero-order chi connectivity index (χ0) is 14.1. The monoisotopic (exact) mass is 264 g/mol. The van der Waals surface area contributed by atoms with E-state index in [0.29, 0.717) is 17.7 Å². The molecule has 1 aromatic heterocycles. The predicted octanol–water partition coefficient (Wildman–Crippen LogP) is 3.13. The van der Waals surface area contributed by atoms with Gasteiger partial charge in [0.25, 0.3) is 0 Å². The molecule has 4 nitrogen and oxygen atoms in total. The average Bonchev–Trinajstić information content (AvgIpc) is 2.46. The molecule has 1 aliphatic rings. The Bertz CT molecular complexity index is 687. The van der Waals surface area contributed by atoms with Crippen LogP contribution in [-0.4, -0.2) is 16.0 Å². The Morgan fingerprint density at radius 3 is 2.90 bits per heavy atom. The largest absolute Gasteiger partial charge is 0.307 e. The van der Waals surface area contributed by atoms with Gasteiger partial charge in [0.2, 0.25) is 5.95 Å². The smallest absolute Gasteiger partial charge is 0.231 e. The summed E-state index contributed by atoms with van der Waals surface area (Å²) in [5, 5.41) is 9.09. The molecule has 0 radical (unpaired) electrons. The van der Waals surface area contributed by atoms with Crippen molar-refractivity contribution >= 4 is 11.6 Å². The Labute approximate surface area is 118 Å². The molecule has 0 aliphatic carbocycles. The Hall–Kier alpha value is -2.41. The van der Waals surface area contributed by atoms with Gasteiger partial charge < -0.3 is 4.90 Å². The van der Waals surface area contributed by atoms with Crippen molar-refractivity contribution in [3.63, 3.8) is 0 Å². The first kappa shape index (κ1) is 12.6. The van der Waals surface area contributed by atoms with Gasteiger partial charge in [-0.1, -0.05) is 18.2 Å². The predicted molar refractivity (Wildman–Crippen MR) is 77.8 cm³/mol. The molecule has 0 saturated heterocycles. The number of hydrogen-bond acceptors (Lipinski definition) is 4. The van der Waals surface area contributed by atoms with Gasteiger partial charge in [-0.3, -0.25) is 0 Å². The van der Waals surface area contributed by atoms with Gasteiger partial charge in [-0.05, 0) is 44.4 Å². The van der Waals surface area contributed by atoms with Crippen LogP contribution in [0.2, 0.25) is 0 Å². The van der Waals surface area contributed by atoms with Crippen molar-refractivity contribution in [3.8, 4) is 6.07 Å². The first-order chi connectivity index (χ1) is 9.69. The molecule has 2 heterocycles. The normalized spacial score (nSPS) is 17.4. The van der Waals surface area contributed by atoms with Crippen LogP contribution in [0.4, 0.5) is 11.6 Å². The summed E-state index contributed by atoms with van der Waals surface area (Å²) in [6, 6.07) is 12.5. The molecular formula is C16H16N4. The molecule has 1 unspecified atom stereocenters. The number of fused-ring (bicyclic) bond motifs is 1. The summed E-state index contributed by atoms with van der Waals surface area (Å²) in [5.74, 6) is 0.626. The van der Waals surface area contributed by atoms with Crippen LogP contribution in [-0.2, 0) is 6.42 Å². The molecule has 1 aromatic carbocycles. The molecule has 3 rings (SSSR count). The molecule has 0 saturated carbocycles. The molecule has 0 amide bonds. The first-order valence-electron chi connectivity index (χ1n) is 6.82. The average molecular weight is 264 g/mol. The van der Waals surface area contributed by atoms with Crippen molar-refractivity contribution in [1.82, 2.24) is 9.97 Å². The third kappa shape index (κ3) is 2.12. The summed E-state index contributed by atoms with van der Waals surface area (Å²) in [5.41, 5.74) is 3.71. The fraction of sp³-hybridized carbons (Fsp3) is 0.312. The lowest BCUT2D eigenvalue weighted by molar-refractivity contribution is 0.607. The summed E-state index contributed by atoms with van der Waals surface area (Å²) < 4.78 is 0. The zero-order valence-corrected chi connectivity index (χ0v) is 11.7. The number of hydrogen-bond donors (Lipinski definition) is 0. The number of rotatable bonds is 1. The molecule has 0 bridgehead atoms. The van der Waals surface area contributed by atoms with Crippen LogP contribution in [0.15, 0.2) is 30.3 Å². The fourth-order valence-corrected chi connectivity index (χ4v) is 2.71. The number of para-hydroxylation sites is 1. The van der Waals surface area contributed by atoms with E-state index >= 15 is 0 Å². The molecule has 0 spiro atoms.